The largest absolute Gasteiger partial charge is 0.505 e. The van der Waals surface area contributed by atoms with Gasteiger partial charge in [-0.15, -0.1) is 12.4 Å². The van der Waals surface area contributed by atoms with Gasteiger partial charge in [0.15, 0.2) is 6.16 Å². The van der Waals surface area contributed by atoms with Crippen LogP contribution in [-0.2, 0) is 9.36 Å². The molecule has 0 aromatic rings. The normalized spacial score (nSPS) is 13.2. The van der Waals surface area contributed by atoms with Gasteiger partial charge in [0.1, 0.15) is 0 Å². The Balaban J connectivity index is 0. The Kier molecular flexibility index (Phi) is 8.81. The van der Waals surface area contributed by atoms with E-state index in [-0.39, 0.29) is 24.5 Å². The zero-order chi connectivity index (χ0) is 8.15. The highest BCUT2D eigenvalue weighted by Crippen LogP contribution is 2.18. The van der Waals surface area contributed by atoms with Gasteiger partial charge in [0, 0.05) is 12.3 Å². The molecule has 0 aromatic heterocycles. The van der Waals surface area contributed by atoms with Crippen molar-refractivity contribution in [2.75, 3.05) is 6.16 Å². The van der Waals surface area contributed by atoms with E-state index in [1.807, 2.05) is 0 Å². The first-order valence-corrected chi connectivity index (χ1v) is 4.64. The predicted octanol–water partition coefficient (Wildman–Crippen LogP) is 1.93. The number of hydrogen-bond donors (Lipinski definition) is 1. The van der Waals surface area contributed by atoms with Gasteiger partial charge in [-0.25, -0.2) is 0 Å². The molecule has 0 spiro atoms. The number of carbonyl (C=O) groups excluding carboxylic acids is 1. The third kappa shape index (κ3) is 8.21. The van der Waals surface area contributed by atoms with Crippen molar-refractivity contribution in [3.63, 3.8) is 0 Å². The quantitative estimate of drug-likeness (QED) is 0.581. The summed E-state index contributed by atoms with van der Waals surface area (Å²) in [7, 11) is -2.12. The maximum Gasteiger partial charge on any atom is 0.505 e. The third-order valence-electron chi connectivity index (χ3n) is 1.14. The highest BCUT2D eigenvalue weighted by atomic mass is 35.5. The lowest BCUT2D eigenvalue weighted by Gasteiger charge is -1.97. The average molecular weight is 220 g/mol. The van der Waals surface area contributed by atoms with Gasteiger partial charge < -0.3 is 0 Å². The van der Waals surface area contributed by atoms with E-state index in [9.17, 15) is 9.36 Å². The molecule has 1 N–H and O–H groups in total. The van der Waals surface area contributed by atoms with Gasteiger partial charge in [-0.05, 0) is 16.2 Å². The second-order valence-corrected chi connectivity index (χ2v) is 3.59. The molecule has 0 heterocycles. The van der Waals surface area contributed by atoms with Crippen LogP contribution in [0.5, 0.6) is 0 Å². The molecule has 2 atom stereocenters. The summed E-state index contributed by atoms with van der Waals surface area (Å²) in [4.78, 5) is 18.7. The second kappa shape index (κ2) is 6.99. The van der Waals surface area contributed by atoms with Crippen LogP contribution in [-0.4, -0.2) is 16.3 Å². The van der Waals surface area contributed by atoms with Gasteiger partial charge in [-0.2, -0.15) is 4.89 Å². The summed E-state index contributed by atoms with van der Waals surface area (Å²) < 4.78 is 10.1. The molecule has 3 nitrogen and oxygen atoms in total. The van der Waals surface area contributed by atoms with Gasteiger partial charge >= 0.3 is 8.03 Å². The fraction of sp³-hybridized carbons (Fsp3) is 0.800. The molecule has 6 heteroatoms. The molecule has 0 aromatic carbocycles. The summed E-state index contributed by atoms with van der Waals surface area (Å²) in [5.41, 5.74) is 0. The van der Waals surface area contributed by atoms with Crippen LogP contribution in [0.25, 0.3) is 0 Å². The van der Waals surface area contributed by atoms with Crippen molar-refractivity contribution in [3.05, 3.63) is 0 Å². The summed E-state index contributed by atoms with van der Waals surface area (Å²) in [6.07, 6.45) is 0.531. The van der Waals surface area contributed by atoms with Crippen LogP contribution in [0.2, 0.25) is 0 Å². The minimum Gasteiger partial charge on any atom is -0.281 e. The van der Waals surface area contributed by atoms with Crippen LogP contribution >= 0.6 is 32.0 Å². The Morgan fingerprint density at radius 3 is 2.45 bits per heavy atom. The molecule has 0 saturated heterocycles. The molecular formula is C5H10Cl2O3P+. The highest BCUT2D eigenvalue weighted by molar-refractivity contribution is 7.37. The molecule has 0 aliphatic heterocycles. The third-order valence-corrected chi connectivity index (χ3v) is 2.15. The molecule has 0 aliphatic rings. The van der Waals surface area contributed by atoms with E-state index in [0.717, 1.165) is 0 Å². The standard InChI is InChI=1S/C5H8ClO3P.ClH/c1-4(5(6)7)2-3-10(8)9;/h4H,2-3H2,1H3;1H/p+1. The molecule has 2 unspecified atom stereocenters. The van der Waals surface area contributed by atoms with E-state index in [2.05, 4.69) is 0 Å². The van der Waals surface area contributed by atoms with Crippen LogP contribution in [0.1, 0.15) is 13.3 Å². The number of halogens is 2. The van der Waals surface area contributed by atoms with Crippen LogP contribution in [0.3, 0.4) is 0 Å². The van der Waals surface area contributed by atoms with Crippen LogP contribution in [0.15, 0.2) is 0 Å². The topological polar surface area (TPSA) is 54.4 Å². The molecule has 0 radical (unpaired) electrons. The lowest BCUT2D eigenvalue weighted by Crippen LogP contribution is -2.04. The molecule has 0 rings (SSSR count). The van der Waals surface area contributed by atoms with Gasteiger partial charge in [0.05, 0.1) is 0 Å². The molecular weight excluding hydrogens is 210 g/mol. The molecule has 0 fully saturated rings. The summed E-state index contributed by atoms with van der Waals surface area (Å²) in [6.45, 7) is 1.63. The zero-order valence-corrected chi connectivity index (χ0v) is 8.46. The minimum absolute atomic E-state index is 0. The minimum atomic E-state index is -2.12. The fourth-order valence-electron chi connectivity index (χ4n) is 0.418. The summed E-state index contributed by atoms with van der Waals surface area (Å²) in [5.74, 6) is -0.312. The number of carbonyl (C=O) groups is 1. The second-order valence-electron chi connectivity index (χ2n) is 2.07. The Morgan fingerprint density at radius 1 is 1.73 bits per heavy atom. The molecule has 0 aliphatic carbocycles. The SMILES string of the molecule is CC(CC[P+](=O)O)C(=O)Cl.Cl. The van der Waals surface area contributed by atoms with Crippen molar-refractivity contribution in [1.82, 2.24) is 0 Å². The van der Waals surface area contributed by atoms with Crippen LogP contribution in [0, 0.1) is 5.92 Å². The maximum absolute atomic E-state index is 10.3. The average Bonchev–Trinajstić information content (AvgIpc) is 1.82. The van der Waals surface area contributed by atoms with Crippen molar-refractivity contribution >= 4 is 37.3 Å². The van der Waals surface area contributed by atoms with Crippen molar-refractivity contribution < 1.29 is 14.3 Å². The smallest absolute Gasteiger partial charge is 0.281 e. The van der Waals surface area contributed by atoms with Crippen molar-refractivity contribution in [2.45, 2.75) is 13.3 Å². The van der Waals surface area contributed by atoms with Crippen molar-refractivity contribution in [2.24, 2.45) is 5.92 Å². The highest BCUT2D eigenvalue weighted by Gasteiger charge is 2.16. The van der Waals surface area contributed by atoms with Gasteiger partial charge in [-0.1, -0.05) is 6.92 Å². The summed E-state index contributed by atoms with van der Waals surface area (Å²) in [6, 6.07) is 0. The first kappa shape index (κ1) is 13.9. The molecule has 0 bridgehead atoms. The van der Waals surface area contributed by atoms with Gasteiger partial charge in [0.25, 0.3) is 0 Å². The van der Waals surface area contributed by atoms with Gasteiger partial charge in [-0.3, -0.25) is 4.79 Å². The fourth-order valence-corrected chi connectivity index (χ4v) is 1.13. The van der Waals surface area contributed by atoms with Crippen LogP contribution < -0.4 is 0 Å². The number of rotatable bonds is 4. The first-order valence-electron chi connectivity index (χ1n) is 2.87. The monoisotopic (exact) mass is 219 g/mol. The van der Waals surface area contributed by atoms with Crippen molar-refractivity contribution in [3.8, 4) is 0 Å². The van der Waals surface area contributed by atoms with Crippen molar-refractivity contribution in [1.29, 1.82) is 0 Å². The Bertz CT molecular complexity index is 151. The van der Waals surface area contributed by atoms with E-state index in [0.29, 0.717) is 6.42 Å². The van der Waals surface area contributed by atoms with E-state index in [1.54, 1.807) is 6.92 Å². The van der Waals surface area contributed by atoms with E-state index < -0.39 is 13.3 Å². The molecule has 0 amide bonds. The summed E-state index contributed by atoms with van der Waals surface area (Å²) >= 11 is 5.10. The lowest BCUT2D eigenvalue weighted by molar-refractivity contribution is -0.114. The maximum atomic E-state index is 10.3. The van der Waals surface area contributed by atoms with E-state index >= 15 is 0 Å². The molecule has 0 saturated carbocycles. The Morgan fingerprint density at radius 2 is 2.18 bits per heavy atom. The zero-order valence-electron chi connectivity index (χ0n) is 5.99. The van der Waals surface area contributed by atoms with Crippen LogP contribution in [0.4, 0.5) is 0 Å². The Labute approximate surface area is 77.4 Å². The molecule has 11 heavy (non-hydrogen) atoms. The predicted molar refractivity (Wildman–Crippen MR) is 46.6 cm³/mol. The molecule has 66 valence electrons. The van der Waals surface area contributed by atoms with E-state index in [4.69, 9.17) is 16.5 Å². The van der Waals surface area contributed by atoms with E-state index in [1.165, 1.54) is 0 Å². The first-order chi connectivity index (χ1) is 4.54. The summed E-state index contributed by atoms with van der Waals surface area (Å²) in [5, 5.41) is -0.447. The Hall–Kier alpha value is 0.310. The lowest BCUT2D eigenvalue weighted by atomic mass is 10.1. The number of hydrogen-bond acceptors (Lipinski definition) is 2. The van der Waals surface area contributed by atoms with Gasteiger partial charge in [0.2, 0.25) is 5.24 Å².